The Kier molecular flexibility index (Phi) is 7.61. The van der Waals surface area contributed by atoms with Crippen LogP contribution in [0.2, 0.25) is 0 Å². The zero-order chi connectivity index (χ0) is 24.9. The molecule has 14 heteroatoms. The molecule has 0 radical (unpaired) electrons. The number of fused-ring (bicyclic) bond motifs is 1. The number of ether oxygens (including phenoxy) is 3. The van der Waals surface area contributed by atoms with Crippen molar-refractivity contribution in [1.29, 1.82) is 0 Å². The van der Waals surface area contributed by atoms with Crippen LogP contribution in [0.15, 0.2) is 23.1 Å². The summed E-state index contributed by atoms with van der Waals surface area (Å²) in [6, 6.07) is 3.47. The predicted molar refractivity (Wildman–Crippen MR) is 115 cm³/mol. The van der Waals surface area contributed by atoms with Crippen molar-refractivity contribution in [1.82, 2.24) is 20.5 Å². The third-order valence-electron chi connectivity index (χ3n) is 5.24. The summed E-state index contributed by atoms with van der Waals surface area (Å²) in [5.41, 5.74) is 0.978. The second kappa shape index (κ2) is 10.3. The predicted octanol–water partition coefficient (Wildman–Crippen LogP) is -0.189. The molecule has 1 aromatic rings. The molecule has 3 rings (SSSR count). The Labute approximate surface area is 196 Å². The van der Waals surface area contributed by atoms with Crippen molar-refractivity contribution in [3.8, 4) is 11.5 Å². The van der Waals surface area contributed by atoms with Crippen LogP contribution in [0.4, 0.5) is 4.79 Å². The lowest BCUT2D eigenvalue weighted by molar-refractivity contribution is -0.150. The third kappa shape index (κ3) is 5.75. The monoisotopic (exact) mass is 498 g/mol. The molecule has 0 saturated carbocycles. The average molecular weight is 499 g/mol. The maximum atomic E-state index is 12.4. The van der Waals surface area contributed by atoms with Crippen LogP contribution in [0.5, 0.6) is 11.5 Å². The van der Waals surface area contributed by atoms with Crippen LogP contribution in [0.3, 0.4) is 0 Å². The number of hydrogen-bond donors (Lipinski definition) is 3. The van der Waals surface area contributed by atoms with E-state index in [0.717, 1.165) is 0 Å². The molecule has 0 bridgehead atoms. The zero-order valence-corrected chi connectivity index (χ0v) is 19.5. The van der Waals surface area contributed by atoms with Gasteiger partial charge in [0.1, 0.15) is 18.8 Å². The van der Waals surface area contributed by atoms with Gasteiger partial charge in [-0.3, -0.25) is 19.8 Å². The van der Waals surface area contributed by atoms with Crippen molar-refractivity contribution in [2.75, 3.05) is 26.4 Å². The first-order valence-corrected chi connectivity index (χ1v) is 12.0. The number of urea groups is 1. The van der Waals surface area contributed by atoms with Gasteiger partial charge in [0.25, 0.3) is 11.8 Å². The van der Waals surface area contributed by atoms with Crippen molar-refractivity contribution in [3.05, 3.63) is 18.2 Å². The Morgan fingerprint density at radius 2 is 1.91 bits per heavy atom. The van der Waals surface area contributed by atoms with Gasteiger partial charge in [-0.05, 0) is 31.9 Å². The van der Waals surface area contributed by atoms with E-state index in [4.69, 9.17) is 14.2 Å². The number of carbonyl (C=O) groups excluding carboxylic acids is 4. The lowest BCUT2D eigenvalue weighted by Gasteiger charge is -2.19. The van der Waals surface area contributed by atoms with Gasteiger partial charge in [0.15, 0.2) is 18.1 Å². The Morgan fingerprint density at radius 1 is 1.21 bits per heavy atom. The van der Waals surface area contributed by atoms with E-state index >= 15 is 0 Å². The van der Waals surface area contributed by atoms with Gasteiger partial charge in [0, 0.05) is 19.0 Å². The molecule has 2 aliphatic heterocycles. The molecule has 34 heavy (non-hydrogen) atoms. The average Bonchev–Trinajstić information content (AvgIpc) is 3.03. The molecule has 4 amide bonds. The Morgan fingerprint density at radius 3 is 2.59 bits per heavy atom. The highest BCUT2D eigenvalue weighted by Crippen LogP contribution is 2.32. The quantitative estimate of drug-likeness (QED) is 0.225. The highest BCUT2D eigenvalue weighted by Gasteiger charge is 2.47. The van der Waals surface area contributed by atoms with Crippen LogP contribution in [0, 0.1) is 0 Å². The molecule has 1 atom stereocenters. The van der Waals surface area contributed by atoms with E-state index in [1.807, 2.05) is 0 Å². The van der Waals surface area contributed by atoms with E-state index in [2.05, 4.69) is 15.5 Å². The van der Waals surface area contributed by atoms with Gasteiger partial charge in [-0.15, -0.1) is 0 Å². The molecule has 0 aliphatic carbocycles. The molecule has 1 saturated heterocycles. The van der Waals surface area contributed by atoms with Crippen molar-refractivity contribution >= 4 is 33.8 Å². The minimum Gasteiger partial charge on any atom is -0.486 e. The number of hydrogen-bond acceptors (Lipinski definition) is 9. The first kappa shape index (κ1) is 25.2. The largest absolute Gasteiger partial charge is 0.486 e. The summed E-state index contributed by atoms with van der Waals surface area (Å²) in [5.74, 6) is -1.43. The molecular weight excluding hydrogens is 472 g/mol. The number of imide groups is 1. The van der Waals surface area contributed by atoms with Gasteiger partial charge >= 0.3 is 12.0 Å². The zero-order valence-electron chi connectivity index (χ0n) is 18.7. The number of esters is 1. The van der Waals surface area contributed by atoms with E-state index in [0.29, 0.717) is 36.1 Å². The topological polar surface area (TPSA) is 169 Å². The van der Waals surface area contributed by atoms with E-state index < -0.39 is 46.0 Å². The van der Waals surface area contributed by atoms with Crippen molar-refractivity contribution in [2.24, 2.45) is 0 Å². The van der Waals surface area contributed by atoms with Crippen LogP contribution in [0.25, 0.3) is 0 Å². The first-order valence-electron chi connectivity index (χ1n) is 10.6. The molecule has 186 valence electrons. The number of nitrogens with zero attached hydrogens (tertiary/aromatic N) is 1. The van der Waals surface area contributed by atoms with Gasteiger partial charge in [-0.1, -0.05) is 6.92 Å². The van der Waals surface area contributed by atoms with Crippen LogP contribution in [-0.4, -0.2) is 69.1 Å². The molecule has 1 unspecified atom stereocenters. The Hall–Kier alpha value is -3.39. The fraction of sp³-hybridized carbons (Fsp3) is 0.500. The number of amides is 4. The van der Waals surface area contributed by atoms with Crippen molar-refractivity contribution < 1.29 is 41.8 Å². The maximum Gasteiger partial charge on any atom is 0.344 e. The van der Waals surface area contributed by atoms with E-state index in [1.54, 1.807) is 6.92 Å². The van der Waals surface area contributed by atoms with Gasteiger partial charge in [-0.2, -0.15) is 5.01 Å². The molecule has 13 nitrogen and oxygen atoms in total. The van der Waals surface area contributed by atoms with Gasteiger partial charge in [-0.25, -0.2) is 17.9 Å². The lowest BCUT2D eigenvalue weighted by Crippen LogP contribution is -2.49. The highest BCUT2D eigenvalue weighted by atomic mass is 32.2. The second-order valence-corrected chi connectivity index (χ2v) is 9.53. The minimum absolute atomic E-state index is 0.00401. The summed E-state index contributed by atoms with van der Waals surface area (Å²) in [7, 11) is -3.83. The second-order valence-electron chi connectivity index (χ2n) is 7.76. The van der Waals surface area contributed by atoms with Crippen molar-refractivity contribution in [3.63, 3.8) is 0 Å². The standard InChI is InChI=1S/C20H26N4O9S/c1-3-20(2)18(27)24(19(28)22-20)23-16(25)12-33-17(26)5-4-8-21-34(29,30)13-6-7-14-15(11-13)32-10-9-31-14/h6-7,11,21H,3-5,8-10,12H2,1-2H3,(H,22,28)(H,23,25). The molecule has 2 heterocycles. The van der Waals surface area contributed by atoms with Gasteiger partial charge in [0.2, 0.25) is 10.0 Å². The molecule has 2 aliphatic rings. The van der Waals surface area contributed by atoms with Crippen LogP contribution >= 0.6 is 0 Å². The molecule has 3 N–H and O–H groups in total. The number of benzene rings is 1. The fourth-order valence-corrected chi connectivity index (χ4v) is 4.20. The lowest BCUT2D eigenvalue weighted by atomic mass is 10.00. The van der Waals surface area contributed by atoms with Crippen LogP contribution < -0.4 is 24.9 Å². The smallest absolute Gasteiger partial charge is 0.344 e. The summed E-state index contributed by atoms with van der Waals surface area (Å²) < 4.78 is 42.8. The van der Waals surface area contributed by atoms with Crippen LogP contribution in [-0.2, 0) is 29.1 Å². The normalized spacial score (nSPS) is 19.5. The van der Waals surface area contributed by atoms with Gasteiger partial charge < -0.3 is 19.5 Å². The summed E-state index contributed by atoms with van der Waals surface area (Å²) >= 11 is 0. The molecular formula is C20H26N4O9S. The molecule has 0 spiro atoms. The number of carbonyl (C=O) groups is 4. The highest BCUT2D eigenvalue weighted by molar-refractivity contribution is 7.89. The first-order chi connectivity index (χ1) is 16.1. The molecule has 1 fully saturated rings. The Bertz CT molecular complexity index is 1090. The third-order valence-corrected chi connectivity index (χ3v) is 6.70. The maximum absolute atomic E-state index is 12.4. The Balaban J connectivity index is 1.38. The molecule has 0 aromatic heterocycles. The minimum atomic E-state index is -3.83. The summed E-state index contributed by atoms with van der Waals surface area (Å²) in [6.45, 7) is 3.20. The SMILES string of the molecule is CCC1(C)NC(=O)N(NC(=O)COC(=O)CCCNS(=O)(=O)c2ccc3c(c2)OCCO3)C1=O. The number of rotatable bonds is 10. The number of nitrogens with one attached hydrogen (secondary N) is 3. The number of hydrazine groups is 1. The van der Waals surface area contributed by atoms with E-state index in [9.17, 15) is 27.6 Å². The summed E-state index contributed by atoms with van der Waals surface area (Å²) in [4.78, 5) is 47.9. The van der Waals surface area contributed by atoms with E-state index in [-0.39, 0.29) is 24.3 Å². The van der Waals surface area contributed by atoms with Crippen molar-refractivity contribution in [2.45, 2.75) is 43.5 Å². The summed E-state index contributed by atoms with van der Waals surface area (Å²) in [5, 5.41) is 3.02. The van der Waals surface area contributed by atoms with E-state index in [1.165, 1.54) is 25.1 Å². The van der Waals surface area contributed by atoms with Gasteiger partial charge in [0.05, 0.1) is 4.90 Å². The fourth-order valence-electron chi connectivity index (χ4n) is 3.11. The summed E-state index contributed by atoms with van der Waals surface area (Å²) in [6.07, 6.45) is 0.289. The molecule has 1 aromatic carbocycles. The number of sulfonamides is 1. The van der Waals surface area contributed by atoms with Crippen LogP contribution in [0.1, 0.15) is 33.1 Å².